The lowest BCUT2D eigenvalue weighted by molar-refractivity contribution is 1.58. The zero-order valence-corrected chi connectivity index (χ0v) is 9.34. The molecule has 0 saturated carbocycles. The van der Waals surface area contributed by atoms with Crippen molar-refractivity contribution >= 4 is 43.2 Å². The van der Waals surface area contributed by atoms with E-state index in [0.717, 1.165) is 0 Å². The van der Waals surface area contributed by atoms with E-state index in [9.17, 15) is 0 Å². The van der Waals surface area contributed by atoms with Gasteiger partial charge in [0.15, 0.2) is 0 Å². The number of benzene rings is 2. The third kappa shape index (κ3) is 0.947. The quantitative estimate of drug-likeness (QED) is 0.450. The molecule has 0 aliphatic rings. The average molecular weight is 223 g/mol. The summed E-state index contributed by atoms with van der Waals surface area (Å²) >= 11 is 1.80. The molecule has 76 valence electrons. The summed E-state index contributed by atoms with van der Waals surface area (Å²) in [7, 11) is 0. The van der Waals surface area contributed by atoms with Gasteiger partial charge in [-0.1, -0.05) is 36.4 Å². The highest BCUT2D eigenvalue weighted by molar-refractivity contribution is 7.18. The molecule has 2 heterocycles. The molecule has 0 bridgehead atoms. The molecule has 2 aromatic carbocycles. The second kappa shape index (κ2) is 2.86. The van der Waals surface area contributed by atoms with Gasteiger partial charge in [-0.05, 0) is 16.8 Å². The smallest absolute Gasteiger partial charge is 0.0598 e. The van der Waals surface area contributed by atoms with E-state index in [1.807, 2.05) is 0 Å². The van der Waals surface area contributed by atoms with Gasteiger partial charge in [-0.25, -0.2) is 0 Å². The zero-order valence-electron chi connectivity index (χ0n) is 8.53. The molecular formula is C14H9NS. The van der Waals surface area contributed by atoms with Gasteiger partial charge < -0.3 is 4.98 Å². The summed E-state index contributed by atoms with van der Waals surface area (Å²) in [6, 6.07) is 15.1. The van der Waals surface area contributed by atoms with Crippen LogP contribution in [0.3, 0.4) is 0 Å². The molecule has 1 nitrogen and oxygen atoms in total. The SMILES string of the molecule is c1ccc2c(c1)ccc1c2[nH]c2ccsc21. The van der Waals surface area contributed by atoms with Gasteiger partial charge >= 0.3 is 0 Å². The Morgan fingerprint density at radius 1 is 0.875 bits per heavy atom. The van der Waals surface area contributed by atoms with E-state index in [4.69, 9.17) is 0 Å². The van der Waals surface area contributed by atoms with Crippen LogP contribution in [-0.4, -0.2) is 4.98 Å². The van der Waals surface area contributed by atoms with Crippen LogP contribution in [0.2, 0.25) is 0 Å². The maximum absolute atomic E-state index is 3.51. The Morgan fingerprint density at radius 3 is 2.81 bits per heavy atom. The number of aromatic nitrogens is 1. The van der Waals surface area contributed by atoms with Crippen molar-refractivity contribution in [1.29, 1.82) is 0 Å². The van der Waals surface area contributed by atoms with Crippen molar-refractivity contribution in [2.24, 2.45) is 0 Å². The molecule has 4 rings (SSSR count). The first-order valence-electron chi connectivity index (χ1n) is 5.30. The van der Waals surface area contributed by atoms with Crippen LogP contribution in [-0.2, 0) is 0 Å². The van der Waals surface area contributed by atoms with Crippen LogP contribution >= 0.6 is 11.3 Å². The lowest BCUT2D eigenvalue weighted by atomic mass is 10.1. The number of aromatic amines is 1. The molecule has 0 radical (unpaired) electrons. The van der Waals surface area contributed by atoms with Gasteiger partial charge in [-0.15, -0.1) is 11.3 Å². The fraction of sp³-hybridized carbons (Fsp3) is 0. The summed E-state index contributed by atoms with van der Waals surface area (Å²) in [5.74, 6) is 0. The van der Waals surface area contributed by atoms with Gasteiger partial charge in [-0.2, -0.15) is 0 Å². The molecule has 0 unspecified atom stereocenters. The summed E-state index contributed by atoms with van der Waals surface area (Å²) in [5.41, 5.74) is 2.51. The maximum Gasteiger partial charge on any atom is 0.0598 e. The number of thiophene rings is 1. The van der Waals surface area contributed by atoms with Crippen molar-refractivity contribution in [3.8, 4) is 0 Å². The van der Waals surface area contributed by atoms with Crippen LogP contribution in [0.5, 0.6) is 0 Å². The van der Waals surface area contributed by atoms with Gasteiger partial charge in [0.05, 0.1) is 15.7 Å². The number of nitrogens with one attached hydrogen (secondary N) is 1. The first-order chi connectivity index (χ1) is 7.93. The van der Waals surface area contributed by atoms with Gasteiger partial charge in [-0.3, -0.25) is 0 Å². The molecule has 0 amide bonds. The standard InChI is InChI=1S/C14H9NS/c1-2-4-10-9(3-1)5-6-11-13(10)15-12-7-8-16-14(11)12/h1-8,15H. The van der Waals surface area contributed by atoms with Crippen molar-refractivity contribution < 1.29 is 0 Å². The Balaban J connectivity index is 2.36. The molecule has 0 fully saturated rings. The second-order valence-electron chi connectivity index (χ2n) is 4.00. The van der Waals surface area contributed by atoms with Crippen molar-refractivity contribution in [3.05, 3.63) is 47.8 Å². The highest BCUT2D eigenvalue weighted by Gasteiger charge is 2.07. The minimum absolute atomic E-state index is 1.25. The lowest BCUT2D eigenvalue weighted by Gasteiger charge is -1.98. The van der Waals surface area contributed by atoms with Gasteiger partial charge in [0.2, 0.25) is 0 Å². The van der Waals surface area contributed by atoms with Crippen LogP contribution in [0.4, 0.5) is 0 Å². The van der Waals surface area contributed by atoms with Crippen molar-refractivity contribution in [1.82, 2.24) is 4.98 Å². The predicted octanol–water partition coefficient (Wildman–Crippen LogP) is 4.54. The number of H-pyrrole nitrogens is 1. The Morgan fingerprint density at radius 2 is 1.81 bits per heavy atom. The third-order valence-electron chi connectivity index (χ3n) is 3.10. The molecular weight excluding hydrogens is 214 g/mol. The summed E-state index contributed by atoms with van der Waals surface area (Å²) in [6.45, 7) is 0. The molecule has 4 aromatic rings. The predicted molar refractivity (Wildman–Crippen MR) is 71.2 cm³/mol. The van der Waals surface area contributed by atoms with E-state index < -0.39 is 0 Å². The lowest BCUT2D eigenvalue weighted by Crippen LogP contribution is -1.74. The molecule has 2 aromatic heterocycles. The zero-order chi connectivity index (χ0) is 10.5. The number of hydrogen-bond acceptors (Lipinski definition) is 1. The minimum Gasteiger partial charge on any atom is -0.353 e. The Labute approximate surface area is 96.3 Å². The molecule has 0 saturated heterocycles. The monoisotopic (exact) mass is 223 g/mol. The maximum atomic E-state index is 3.51. The number of hydrogen-bond donors (Lipinski definition) is 1. The van der Waals surface area contributed by atoms with Crippen LogP contribution in [0.1, 0.15) is 0 Å². The van der Waals surface area contributed by atoms with E-state index in [1.54, 1.807) is 11.3 Å². The third-order valence-corrected chi connectivity index (χ3v) is 4.05. The molecule has 1 N–H and O–H groups in total. The highest BCUT2D eigenvalue weighted by atomic mass is 32.1. The largest absolute Gasteiger partial charge is 0.353 e. The van der Waals surface area contributed by atoms with Gasteiger partial charge in [0, 0.05) is 10.8 Å². The summed E-state index contributed by atoms with van der Waals surface area (Å²) in [5, 5.41) is 6.08. The van der Waals surface area contributed by atoms with Crippen molar-refractivity contribution in [3.63, 3.8) is 0 Å². The molecule has 0 aliphatic carbocycles. The Bertz CT molecular complexity index is 801. The minimum atomic E-state index is 1.25. The van der Waals surface area contributed by atoms with Crippen LogP contribution in [0, 0.1) is 0 Å². The van der Waals surface area contributed by atoms with E-state index >= 15 is 0 Å². The molecule has 0 spiro atoms. The normalized spacial score (nSPS) is 11.8. The van der Waals surface area contributed by atoms with Gasteiger partial charge in [0.1, 0.15) is 0 Å². The first kappa shape index (κ1) is 8.36. The van der Waals surface area contributed by atoms with Crippen LogP contribution < -0.4 is 0 Å². The van der Waals surface area contributed by atoms with E-state index in [-0.39, 0.29) is 0 Å². The first-order valence-corrected chi connectivity index (χ1v) is 6.18. The van der Waals surface area contributed by atoms with Crippen molar-refractivity contribution in [2.45, 2.75) is 0 Å². The summed E-state index contributed by atoms with van der Waals surface area (Å²) < 4.78 is 1.36. The Kier molecular flexibility index (Phi) is 1.50. The second-order valence-corrected chi connectivity index (χ2v) is 4.91. The topological polar surface area (TPSA) is 15.8 Å². The number of rotatable bonds is 0. The Hall–Kier alpha value is -1.80. The molecule has 2 heteroatoms. The highest BCUT2D eigenvalue weighted by Crippen LogP contribution is 2.33. The fourth-order valence-electron chi connectivity index (χ4n) is 2.35. The average Bonchev–Trinajstić information content (AvgIpc) is 2.88. The fourth-order valence-corrected chi connectivity index (χ4v) is 3.23. The van der Waals surface area contributed by atoms with Crippen molar-refractivity contribution in [2.75, 3.05) is 0 Å². The van der Waals surface area contributed by atoms with E-state index in [0.29, 0.717) is 0 Å². The van der Waals surface area contributed by atoms with E-state index in [2.05, 4.69) is 52.8 Å². The van der Waals surface area contributed by atoms with Crippen LogP contribution in [0.15, 0.2) is 47.8 Å². The summed E-state index contributed by atoms with van der Waals surface area (Å²) in [4.78, 5) is 3.51. The van der Waals surface area contributed by atoms with Gasteiger partial charge in [0.25, 0.3) is 0 Å². The van der Waals surface area contributed by atoms with E-state index in [1.165, 1.54) is 31.9 Å². The summed E-state index contributed by atoms with van der Waals surface area (Å²) in [6.07, 6.45) is 0. The van der Waals surface area contributed by atoms with Crippen LogP contribution in [0.25, 0.3) is 31.9 Å². The number of fused-ring (bicyclic) bond motifs is 5. The molecule has 16 heavy (non-hydrogen) atoms. The molecule has 0 atom stereocenters. The molecule has 0 aliphatic heterocycles.